The third kappa shape index (κ3) is 5.33. The van der Waals surface area contributed by atoms with Crippen molar-refractivity contribution >= 4 is 5.91 Å². The number of nitrogens with one attached hydrogen (secondary N) is 1. The van der Waals surface area contributed by atoms with E-state index in [0.717, 1.165) is 31.5 Å². The summed E-state index contributed by atoms with van der Waals surface area (Å²) >= 11 is 0. The Hall–Kier alpha value is -1.90. The molecule has 2 unspecified atom stereocenters. The molecule has 130 valence electrons. The first-order chi connectivity index (χ1) is 11.5. The zero-order valence-corrected chi connectivity index (χ0v) is 14.5. The number of piperidine rings is 1. The van der Waals surface area contributed by atoms with E-state index in [9.17, 15) is 9.90 Å². The molecule has 2 N–H and O–H groups in total. The number of hydrogen-bond acceptors (Lipinski definition) is 4. The molecule has 0 radical (unpaired) electrons. The monoisotopic (exact) mass is 329 g/mol. The van der Waals surface area contributed by atoms with Crippen molar-refractivity contribution in [3.63, 3.8) is 0 Å². The summed E-state index contributed by atoms with van der Waals surface area (Å²) in [6.45, 7) is 6.96. The molecule has 0 spiro atoms. The van der Waals surface area contributed by atoms with E-state index >= 15 is 0 Å². The number of likely N-dealkylation sites (tertiary alicyclic amines) is 1. The fraction of sp³-hybridized carbons (Fsp3) is 0.579. The molecular weight excluding hydrogens is 302 g/mol. The van der Waals surface area contributed by atoms with Crippen molar-refractivity contribution < 1.29 is 9.90 Å². The van der Waals surface area contributed by atoms with Crippen LogP contribution in [0.3, 0.4) is 0 Å². The zero-order valence-electron chi connectivity index (χ0n) is 14.5. The van der Waals surface area contributed by atoms with Gasteiger partial charge in [-0.3, -0.25) is 4.79 Å². The van der Waals surface area contributed by atoms with Crippen LogP contribution < -0.4 is 5.32 Å². The molecule has 1 saturated heterocycles. The number of benzene rings is 1. The van der Waals surface area contributed by atoms with Gasteiger partial charge in [0.1, 0.15) is 0 Å². The number of carbonyl (C=O) groups is 1. The van der Waals surface area contributed by atoms with Crippen LogP contribution in [0.5, 0.6) is 0 Å². The molecule has 1 heterocycles. The topological polar surface area (TPSA) is 76.4 Å². The quantitative estimate of drug-likeness (QED) is 0.838. The maximum Gasteiger partial charge on any atom is 0.222 e. The molecule has 1 aliphatic heterocycles. The van der Waals surface area contributed by atoms with E-state index in [1.54, 1.807) is 12.1 Å². The summed E-state index contributed by atoms with van der Waals surface area (Å²) in [6.07, 6.45) is 1.64. The van der Waals surface area contributed by atoms with Crippen molar-refractivity contribution in [1.82, 2.24) is 10.2 Å². The summed E-state index contributed by atoms with van der Waals surface area (Å²) in [5.41, 5.74) is 1.44. The van der Waals surface area contributed by atoms with E-state index in [4.69, 9.17) is 5.26 Å². The van der Waals surface area contributed by atoms with E-state index < -0.39 is 6.10 Å². The lowest BCUT2D eigenvalue weighted by molar-refractivity contribution is -0.124. The van der Waals surface area contributed by atoms with Gasteiger partial charge in [-0.1, -0.05) is 26.0 Å². The third-order valence-corrected chi connectivity index (χ3v) is 4.55. The molecule has 24 heavy (non-hydrogen) atoms. The van der Waals surface area contributed by atoms with Gasteiger partial charge in [0.05, 0.1) is 17.7 Å². The third-order valence-electron chi connectivity index (χ3n) is 4.55. The normalized spacial score (nSPS) is 19.7. The summed E-state index contributed by atoms with van der Waals surface area (Å²) in [5.74, 6) is 0.558. The van der Waals surface area contributed by atoms with Crippen LogP contribution >= 0.6 is 0 Å². The van der Waals surface area contributed by atoms with E-state index in [0.29, 0.717) is 24.6 Å². The predicted octanol–water partition coefficient (Wildman–Crippen LogP) is 2.08. The summed E-state index contributed by atoms with van der Waals surface area (Å²) in [5, 5.41) is 22.3. The van der Waals surface area contributed by atoms with Crippen LogP contribution in [-0.4, -0.2) is 42.1 Å². The Morgan fingerprint density at radius 2 is 2.12 bits per heavy atom. The number of nitriles is 1. The van der Waals surface area contributed by atoms with Crippen molar-refractivity contribution in [2.75, 3.05) is 26.2 Å². The molecule has 1 aromatic carbocycles. The van der Waals surface area contributed by atoms with Gasteiger partial charge in [-0.25, -0.2) is 0 Å². The lowest BCUT2D eigenvalue weighted by Gasteiger charge is -2.34. The van der Waals surface area contributed by atoms with E-state index in [2.05, 4.69) is 16.3 Å². The van der Waals surface area contributed by atoms with Gasteiger partial charge in [0, 0.05) is 25.6 Å². The van der Waals surface area contributed by atoms with Gasteiger partial charge in [0.2, 0.25) is 5.91 Å². The van der Waals surface area contributed by atoms with Crippen molar-refractivity contribution in [1.29, 1.82) is 5.26 Å². The fourth-order valence-electron chi connectivity index (χ4n) is 3.06. The van der Waals surface area contributed by atoms with Gasteiger partial charge in [-0.15, -0.1) is 0 Å². The van der Waals surface area contributed by atoms with Crippen molar-refractivity contribution in [3.8, 4) is 6.07 Å². The highest BCUT2D eigenvalue weighted by Crippen LogP contribution is 2.20. The Kier molecular flexibility index (Phi) is 6.77. The minimum absolute atomic E-state index is 0.0166. The second-order valence-corrected chi connectivity index (χ2v) is 6.92. The van der Waals surface area contributed by atoms with Gasteiger partial charge in [-0.2, -0.15) is 5.26 Å². The Balaban J connectivity index is 1.83. The molecule has 2 atom stereocenters. The Morgan fingerprint density at radius 3 is 2.75 bits per heavy atom. The maximum absolute atomic E-state index is 11.7. The minimum atomic E-state index is -0.554. The number of β-amino-alcohol motifs (C(OH)–C–C–N with tert-alkyl or cyclic N) is 1. The molecule has 0 bridgehead atoms. The molecule has 5 nitrogen and oxygen atoms in total. The fourth-order valence-corrected chi connectivity index (χ4v) is 3.06. The highest BCUT2D eigenvalue weighted by atomic mass is 16.3. The number of amides is 1. The number of carbonyl (C=O) groups excluding carboxylic acids is 1. The molecule has 0 saturated carbocycles. The van der Waals surface area contributed by atoms with Crippen LogP contribution in [0.4, 0.5) is 0 Å². The molecular formula is C19H27N3O2. The van der Waals surface area contributed by atoms with Crippen molar-refractivity contribution in [3.05, 3.63) is 35.4 Å². The SMILES string of the molecule is CC(C)C(=O)NCC1CCCN(CC(O)c2ccc(C#N)cc2)C1. The number of hydrogen-bond donors (Lipinski definition) is 2. The Morgan fingerprint density at radius 1 is 1.42 bits per heavy atom. The summed E-state index contributed by atoms with van der Waals surface area (Å²) < 4.78 is 0. The summed E-state index contributed by atoms with van der Waals surface area (Å²) in [7, 11) is 0. The van der Waals surface area contributed by atoms with Crippen LogP contribution in [0.2, 0.25) is 0 Å². The number of aliphatic hydroxyl groups is 1. The average Bonchev–Trinajstić information content (AvgIpc) is 2.60. The van der Waals surface area contributed by atoms with Crippen LogP contribution in [0.25, 0.3) is 0 Å². The Bertz CT molecular complexity index is 577. The summed E-state index contributed by atoms with van der Waals surface area (Å²) in [4.78, 5) is 14.0. The van der Waals surface area contributed by atoms with Crippen LogP contribution in [-0.2, 0) is 4.79 Å². The maximum atomic E-state index is 11.7. The first kappa shape index (κ1) is 18.4. The number of nitrogens with zero attached hydrogens (tertiary/aromatic N) is 2. The van der Waals surface area contributed by atoms with Gasteiger partial charge >= 0.3 is 0 Å². The Labute approximate surface area is 144 Å². The highest BCUT2D eigenvalue weighted by molar-refractivity contribution is 5.77. The van der Waals surface area contributed by atoms with Crippen molar-refractivity contribution in [2.45, 2.75) is 32.8 Å². The highest BCUT2D eigenvalue weighted by Gasteiger charge is 2.23. The molecule has 1 aromatic rings. The van der Waals surface area contributed by atoms with Crippen molar-refractivity contribution in [2.24, 2.45) is 11.8 Å². The lowest BCUT2D eigenvalue weighted by atomic mass is 9.97. The second kappa shape index (κ2) is 8.81. The second-order valence-electron chi connectivity index (χ2n) is 6.92. The van der Waals surface area contributed by atoms with Crippen LogP contribution in [0.1, 0.15) is 43.9 Å². The molecule has 5 heteroatoms. The van der Waals surface area contributed by atoms with Gasteiger partial charge in [0.15, 0.2) is 0 Å². The number of rotatable bonds is 6. The average molecular weight is 329 g/mol. The van der Waals surface area contributed by atoms with E-state index in [-0.39, 0.29) is 11.8 Å². The molecule has 1 amide bonds. The van der Waals surface area contributed by atoms with Crippen LogP contribution in [0.15, 0.2) is 24.3 Å². The predicted molar refractivity (Wildman–Crippen MR) is 93.1 cm³/mol. The van der Waals surface area contributed by atoms with Gasteiger partial charge in [-0.05, 0) is 43.0 Å². The molecule has 2 rings (SSSR count). The first-order valence-corrected chi connectivity index (χ1v) is 8.67. The zero-order chi connectivity index (χ0) is 17.5. The molecule has 0 aliphatic carbocycles. The largest absolute Gasteiger partial charge is 0.387 e. The smallest absolute Gasteiger partial charge is 0.222 e. The molecule has 1 aliphatic rings. The van der Waals surface area contributed by atoms with Gasteiger partial charge in [0.25, 0.3) is 0 Å². The summed E-state index contributed by atoms with van der Waals surface area (Å²) in [6, 6.07) is 9.18. The first-order valence-electron chi connectivity index (χ1n) is 8.67. The minimum Gasteiger partial charge on any atom is -0.387 e. The lowest BCUT2D eigenvalue weighted by Crippen LogP contribution is -2.43. The number of aliphatic hydroxyl groups excluding tert-OH is 1. The molecule has 1 fully saturated rings. The van der Waals surface area contributed by atoms with Crippen LogP contribution in [0, 0.1) is 23.2 Å². The van der Waals surface area contributed by atoms with E-state index in [1.807, 2.05) is 26.0 Å². The standard InChI is InChI=1S/C19H27N3O2/c1-14(2)19(24)21-11-16-4-3-9-22(12-16)13-18(23)17-7-5-15(10-20)6-8-17/h5-8,14,16,18,23H,3-4,9,11-13H2,1-2H3,(H,21,24). The van der Waals surface area contributed by atoms with Gasteiger partial charge < -0.3 is 15.3 Å². The van der Waals surface area contributed by atoms with E-state index in [1.165, 1.54) is 0 Å². The molecule has 0 aromatic heterocycles.